The Morgan fingerprint density at radius 2 is 0.500 bits per heavy atom. The van der Waals surface area contributed by atoms with Gasteiger partial charge in [-0.1, -0.05) is 156 Å². The van der Waals surface area contributed by atoms with Gasteiger partial charge < -0.3 is 0 Å². The molecule has 0 saturated heterocycles. The summed E-state index contributed by atoms with van der Waals surface area (Å²) in [5.41, 5.74) is 6.21. The number of unbranched alkanes of at least 4 members (excludes halogenated alkanes) is 20. The third-order valence-corrected chi connectivity index (χ3v) is 24.3. The van der Waals surface area contributed by atoms with Gasteiger partial charge in [0.25, 0.3) is 0 Å². The predicted molar refractivity (Wildman–Crippen MR) is 336 cm³/mol. The zero-order chi connectivity index (χ0) is 49.7. The second kappa shape index (κ2) is 30.4. The standard InChI is InChI=1S/C64H82S8/c1-5-9-13-17-21-25-29-47-41-43-65-61(47)55-37-33-51(67-55)53-35-39-57(69-53)63-49(31-27-23-19-15-11-7-3)45-59(71-63)60-46-50(32-28-24-20-16-12-8-4)64(72-60)58-40-36-54(70-58)52-34-38-56(68-52)62-48(42-44-66-62)30-26-22-18-14-10-6-2/h33-46H,5-32H2,1-4H3. The van der Waals surface area contributed by atoms with Crippen molar-refractivity contribution in [2.75, 3.05) is 0 Å². The lowest BCUT2D eigenvalue weighted by Gasteiger charge is -2.03. The second-order valence-corrected chi connectivity index (χ2v) is 28.5. The number of aryl methyl sites for hydroxylation is 4. The first-order valence-electron chi connectivity index (χ1n) is 28.4. The molecule has 0 N–H and O–H groups in total. The molecule has 8 aromatic rings. The van der Waals surface area contributed by atoms with Gasteiger partial charge in [0.05, 0.1) is 0 Å². The number of rotatable bonds is 35. The molecule has 0 aliphatic carbocycles. The zero-order valence-electron chi connectivity index (χ0n) is 44.1. The highest BCUT2D eigenvalue weighted by Gasteiger charge is 2.21. The van der Waals surface area contributed by atoms with Crippen molar-refractivity contribution in [3.05, 3.63) is 106 Å². The van der Waals surface area contributed by atoms with Crippen molar-refractivity contribution in [1.82, 2.24) is 0 Å². The highest BCUT2D eigenvalue weighted by atomic mass is 32.1. The van der Waals surface area contributed by atoms with Gasteiger partial charge in [0, 0.05) is 68.3 Å². The molecule has 0 bridgehead atoms. The van der Waals surface area contributed by atoms with Gasteiger partial charge in [0.2, 0.25) is 0 Å². The third-order valence-electron chi connectivity index (χ3n) is 14.4. The molecule has 8 aromatic heterocycles. The molecule has 386 valence electrons. The van der Waals surface area contributed by atoms with Gasteiger partial charge in [-0.25, -0.2) is 0 Å². The normalized spacial score (nSPS) is 11.8. The van der Waals surface area contributed by atoms with E-state index in [1.807, 2.05) is 68.0 Å². The maximum absolute atomic E-state index is 2.61. The van der Waals surface area contributed by atoms with Gasteiger partial charge in [-0.05, 0) is 157 Å². The third kappa shape index (κ3) is 15.8. The van der Waals surface area contributed by atoms with E-state index in [1.165, 1.54) is 248 Å². The van der Waals surface area contributed by atoms with Crippen molar-refractivity contribution in [3.63, 3.8) is 0 Å². The summed E-state index contributed by atoms with van der Waals surface area (Å²) in [5, 5.41) is 4.63. The Hall–Kier alpha value is -2.40. The van der Waals surface area contributed by atoms with Crippen LogP contribution < -0.4 is 0 Å². The first kappa shape index (κ1) is 55.8. The molecule has 0 fully saturated rings. The maximum atomic E-state index is 2.61. The van der Waals surface area contributed by atoms with E-state index in [4.69, 9.17) is 0 Å². The first-order chi connectivity index (χ1) is 35.6. The average molecular weight is 1110 g/mol. The number of hydrogen-bond donors (Lipinski definition) is 0. The van der Waals surface area contributed by atoms with Crippen LogP contribution in [-0.2, 0) is 25.7 Å². The smallest absolute Gasteiger partial charge is 0.0481 e. The van der Waals surface area contributed by atoms with E-state index < -0.39 is 0 Å². The van der Waals surface area contributed by atoms with E-state index in [-0.39, 0.29) is 0 Å². The second-order valence-electron chi connectivity index (χ2n) is 20.2. The lowest BCUT2D eigenvalue weighted by molar-refractivity contribution is 0.608. The Morgan fingerprint density at radius 3 is 0.819 bits per heavy atom. The van der Waals surface area contributed by atoms with Crippen LogP contribution in [0.4, 0.5) is 0 Å². The van der Waals surface area contributed by atoms with E-state index in [1.54, 1.807) is 22.3 Å². The van der Waals surface area contributed by atoms with E-state index >= 15 is 0 Å². The van der Waals surface area contributed by atoms with E-state index in [0.29, 0.717) is 0 Å². The van der Waals surface area contributed by atoms with Crippen LogP contribution in [0.2, 0.25) is 0 Å². The average Bonchev–Trinajstić information content (AvgIpc) is 4.24. The molecule has 0 unspecified atom stereocenters. The largest absolute Gasteiger partial charge is 0.143 e. The fourth-order valence-electron chi connectivity index (χ4n) is 10.1. The van der Waals surface area contributed by atoms with Crippen LogP contribution in [0.3, 0.4) is 0 Å². The molecule has 8 heteroatoms. The molecule has 8 rings (SSSR count). The Bertz CT molecular complexity index is 2560. The molecule has 0 radical (unpaired) electrons. The summed E-state index contributed by atoms with van der Waals surface area (Å²) < 4.78 is 0. The summed E-state index contributed by atoms with van der Waals surface area (Å²) >= 11 is 16.0. The predicted octanol–water partition coefficient (Wildman–Crippen LogP) is 25.5. The Morgan fingerprint density at radius 1 is 0.236 bits per heavy atom. The summed E-state index contributed by atoms with van der Waals surface area (Å²) in [7, 11) is 0. The highest BCUT2D eigenvalue weighted by Crippen LogP contribution is 2.50. The van der Waals surface area contributed by atoms with Gasteiger partial charge in [0.1, 0.15) is 0 Å². The van der Waals surface area contributed by atoms with Crippen LogP contribution in [-0.4, -0.2) is 0 Å². The van der Waals surface area contributed by atoms with Crippen LogP contribution >= 0.6 is 90.7 Å². The fraction of sp³-hybridized carbons (Fsp3) is 0.500. The molecule has 0 saturated carbocycles. The highest BCUT2D eigenvalue weighted by molar-refractivity contribution is 7.31. The van der Waals surface area contributed by atoms with Gasteiger partial charge in [-0.3, -0.25) is 0 Å². The summed E-state index contributed by atoms with van der Waals surface area (Å²) in [6.07, 6.45) is 37.0. The van der Waals surface area contributed by atoms with Crippen LogP contribution in [0.25, 0.3) is 68.3 Å². The van der Waals surface area contributed by atoms with Crippen LogP contribution in [0.15, 0.2) is 83.6 Å². The van der Waals surface area contributed by atoms with Crippen molar-refractivity contribution in [1.29, 1.82) is 0 Å². The van der Waals surface area contributed by atoms with Gasteiger partial charge in [-0.2, -0.15) is 0 Å². The minimum atomic E-state index is 1.17. The Balaban J connectivity index is 1.02. The van der Waals surface area contributed by atoms with Crippen LogP contribution in [0, 0.1) is 0 Å². The number of hydrogen-bond acceptors (Lipinski definition) is 8. The van der Waals surface area contributed by atoms with Crippen molar-refractivity contribution in [2.24, 2.45) is 0 Å². The minimum absolute atomic E-state index is 1.17. The molecule has 0 atom stereocenters. The monoisotopic (exact) mass is 1110 g/mol. The maximum Gasteiger partial charge on any atom is 0.0481 e. The molecule has 0 nitrogen and oxygen atoms in total. The molecule has 0 aliphatic heterocycles. The van der Waals surface area contributed by atoms with Gasteiger partial charge in [0.15, 0.2) is 0 Å². The van der Waals surface area contributed by atoms with Gasteiger partial charge >= 0.3 is 0 Å². The van der Waals surface area contributed by atoms with Crippen molar-refractivity contribution in [2.45, 2.75) is 207 Å². The summed E-state index contributed by atoms with van der Waals surface area (Å²) in [4.78, 5) is 20.3. The fourth-order valence-corrected chi connectivity index (χ4v) is 19.4. The Labute approximate surface area is 468 Å². The van der Waals surface area contributed by atoms with Crippen molar-refractivity contribution >= 4 is 90.7 Å². The molecule has 0 aliphatic rings. The van der Waals surface area contributed by atoms with E-state index in [0.717, 1.165) is 0 Å². The van der Waals surface area contributed by atoms with Crippen molar-refractivity contribution in [3.8, 4) is 68.3 Å². The van der Waals surface area contributed by atoms with Crippen LogP contribution in [0.5, 0.6) is 0 Å². The summed E-state index contributed by atoms with van der Waals surface area (Å²) in [6, 6.07) is 29.3. The molecular formula is C64H82S8. The minimum Gasteiger partial charge on any atom is -0.143 e. The molecule has 0 spiro atoms. The molecule has 0 aromatic carbocycles. The van der Waals surface area contributed by atoms with E-state index in [9.17, 15) is 0 Å². The quantitative estimate of drug-likeness (QED) is 0.0347. The number of thiophene rings is 8. The van der Waals surface area contributed by atoms with E-state index in [2.05, 4.69) is 134 Å². The SMILES string of the molecule is CCCCCCCCc1ccsc1-c1ccc(-c2ccc(-c3sc(-c4cc(CCCCCCCC)c(-c5ccc(-c6ccc(-c7sccc7CCCCCCCC)s6)s5)s4)cc3CCCCCCCC)s2)s1. The lowest BCUT2D eigenvalue weighted by atomic mass is 10.0. The van der Waals surface area contributed by atoms with Crippen molar-refractivity contribution < 1.29 is 0 Å². The van der Waals surface area contributed by atoms with Crippen LogP contribution in [0.1, 0.15) is 204 Å². The zero-order valence-corrected chi connectivity index (χ0v) is 50.7. The lowest BCUT2D eigenvalue weighted by Crippen LogP contribution is -1.86. The topological polar surface area (TPSA) is 0 Å². The molecule has 0 amide bonds. The molecule has 8 heterocycles. The first-order valence-corrected chi connectivity index (χ1v) is 35.0. The Kier molecular flexibility index (Phi) is 23.5. The van der Waals surface area contributed by atoms with Gasteiger partial charge in [-0.15, -0.1) is 90.7 Å². The summed E-state index contributed by atoms with van der Waals surface area (Å²) in [5.74, 6) is 0. The summed E-state index contributed by atoms with van der Waals surface area (Å²) in [6.45, 7) is 9.27. The molecule has 72 heavy (non-hydrogen) atoms. The molecular weight excluding hydrogens is 1030 g/mol.